The van der Waals surface area contributed by atoms with Crippen molar-refractivity contribution in [3.8, 4) is 0 Å². The Labute approximate surface area is 103 Å². The predicted octanol–water partition coefficient (Wildman–Crippen LogP) is 1.61. The molecule has 1 heterocycles. The van der Waals surface area contributed by atoms with E-state index in [0.29, 0.717) is 0 Å². The molecule has 0 amide bonds. The summed E-state index contributed by atoms with van der Waals surface area (Å²) in [6.45, 7) is 0. The van der Waals surface area contributed by atoms with Crippen LogP contribution in [0.5, 0.6) is 0 Å². The second kappa shape index (κ2) is 3.93. The minimum absolute atomic E-state index is 0.0775. The summed E-state index contributed by atoms with van der Waals surface area (Å²) in [5.74, 6) is -0.992. The van der Waals surface area contributed by atoms with Crippen LogP contribution in [0.25, 0.3) is 0 Å². The largest absolute Gasteiger partial charge is 0.239 e. The minimum atomic E-state index is -3.97. The summed E-state index contributed by atoms with van der Waals surface area (Å²) >= 11 is 0. The zero-order valence-electron chi connectivity index (χ0n) is 8.43. The number of benzene rings is 1. The Morgan fingerprint density at radius 2 is 2.00 bits per heavy atom. The summed E-state index contributed by atoms with van der Waals surface area (Å²) in [5.41, 5.74) is -0.0775. The van der Waals surface area contributed by atoms with Crippen LogP contribution in [0.1, 0.15) is 17.2 Å². The zero-order valence-corrected chi connectivity index (χ0v) is 10.8. The molecule has 1 aromatic rings. The quantitative estimate of drug-likeness (QED) is 0.583. The molecule has 1 aliphatic heterocycles. The topological polar surface area (TPSA) is 68.3 Å². The van der Waals surface area contributed by atoms with Crippen molar-refractivity contribution in [2.24, 2.45) is 0 Å². The molecule has 0 spiro atoms. The van der Waals surface area contributed by atoms with Gasteiger partial charge in [0.25, 0.3) is 0 Å². The Hall–Kier alpha value is -0.660. The highest BCUT2D eigenvalue weighted by molar-refractivity contribution is 8.14. The predicted molar refractivity (Wildman–Crippen MR) is 60.6 cm³/mol. The van der Waals surface area contributed by atoms with Gasteiger partial charge < -0.3 is 0 Å². The van der Waals surface area contributed by atoms with Gasteiger partial charge in [0, 0.05) is 10.7 Å². The number of hydrogen-bond acceptors (Lipinski definition) is 4. The van der Waals surface area contributed by atoms with Crippen LogP contribution in [0.2, 0.25) is 0 Å². The van der Waals surface area contributed by atoms with Gasteiger partial charge in [0.05, 0.1) is 10.6 Å². The summed E-state index contributed by atoms with van der Waals surface area (Å²) < 4.78 is 59.1. The first kappa shape index (κ1) is 12.8. The average molecular weight is 299 g/mol. The Kier molecular flexibility index (Phi) is 2.95. The fourth-order valence-electron chi connectivity index (χ4n) is 1.87. The molecule has 1 atom stereocenters. The van der Waals surface area contributed by atoms with E-state index in [1.807, 2.05) is 0 Å². The lowest BCUT2D eigenvalue weighted by Crippen LogP contribution is -2.23. The Bertz CT molecular complexity index is 666. The number of halogens is 2. The van der Waals surface area contributed by atoms with E-state index >= 15 is 0 Å². The summed E-state index contributed by atoms with van der Waals surface area (Å²) in [7, 11) is -2.27. The van der Waals surface area contributed by atoms with Gasteiger partial charge in [0.1, 0.15) is 11.1 Å². The molecule has 8 heteroatoms. The first-order valence-electron chi connectivity index (χ1n) is 4.67. The highest BCUT2D eigenvalue weighted by Crippen LogP contribution is 2.38. The number of rotatable bonds is 1. The SMILES string of the molecule is O=S1(=O)CCC(S(=O)(=O)Cl)c2cc(F)ccc21. The molecule has 17 heavy (non-hydrogen) atoms. The standard InChI is InChI=1S/C9H8ClFO4S2/c10-17(14,15)9-3-4-16(12,13)8-2-1-6(11)5-7(8)9/h1-2,5,9H,3-4H2. The van der Waals surface area contributed by atoms with Crippen molar-refractivity contribution in [2.45, 2.75) is 16.6 Å². The van der Waals surface area contributed by atoms with Crippen molar-refractivity contribution in [1.82, 2.24) is 0 Å². The molecule has 4 nitrogen and oxygen atoms in total. The van der Waals surface area contributed by atoms with Gasteiger partial charge in [-0.2, -0.15) is 0 Å². The monoisotopic (exact) mass is 298 g/mol. The second-order valence-corrected chi connectivity index (χ2v) is 8.64. The molecule has 0 bridgehead atoms. The van der Waals surface area contributed by atoms with Crippen LogP contribution in [-0.4, -0.2) is 22.6 Å². The van der Waals surface area contributed by atoms with Crippen LogP contribution < -0.4 is 0 Å². The Morgan fingerprint density at radius 3 is 2.59 bits per heavy atom. The van der Waals surface area contributed by atoms with Crippen molar-refractivity contribution in [3.05, 3.63) is 29.6 Å². The lowest BCUT2D eigenvalue weighted by atomic mass is 10.1. The molecule has 0 aliphatic carbocycles. The van der Waals surface area contributed by atoms with Gasteiger partial charge in [0.2, 0.25) is 9.05 Å². The molecule has 94 valence electrons. The fraction of sp³-hybridized carbons (Fsp3) is 0.333. The molecule has 0 saturated heterocycles. The van der Waals surface area contributed by atoms with Gasteiger partial charge in [-0.25, -0.2) is 21.2 Å². The second-order valence-electron chi connectivity index (χ2n) is 3.75. The zero-order chi connectivity index (χ0) is 12.8. The molecular formula is C9H8ClFO4S2. The summed E-state index contributed by atoms with van der Waals surface area (Å²) in [6, 6.07) is 2.98. The number of sulfone groups is 1. The van der Waals surface area contributed by atoms with Crippen molar-refractivity contribution >= 4 is 29.6 Å². The number of hydrogen-bond donors (Lipinski definition) is 0. The molecular weight excluding hydrogens is 291 g/mol. The summed E-state index contributed by atoms with van der Waals surface area (Å²) in [6.07, 6.45) is -0.148. The maximum absolute atomic E-state index is 13.1. The molecule has 1 aliphatic rings. The van der Waals surface area contributed by atoms with Gasteiger partial charge >= 0.3 is 0 Å². The molecule has 1 aromatic carbocycles. The van der Waals surface area contributed by atoms with E-state index in [2.05, 4.69) is 0 Å². The minimum Gasteiger partial charge on any atom is -0.224 e. The van der Waals surface area contributed by atoms with E-state index in [4.69, 9.17) is 10.7 Å². The Balaban J connectivity index is 2.74. The summed E-state index contributed by atoms with van der Waals surface area (Å²) in [4.78, 5) is -0.153. The molecule has 0 radical (unpaired) electrons. The van der Waals surface area contributed by atoms with Crippen LogP contribution in [0.15, 0.2) is 23.1 Å². The highest BCUT2D eigenvalue weighted by atomic mass is 35.7. The van der Waals surface area contributed by atoms with E-state index < -0.39 is 30.0 Å². The van der Waals surface area contributed by atoms with E-state index in [0.717, 1.165) is 18.2 Å². The third-order valence-electron chi connectivity index (χ3n) is 2.64. The van der Waals surface area contributed by atoms with E-state index in [9.17, 15) is 21.2 Å². The van der Waals surface area contributed by atoms with Crippen molar-refractivity contribution in [1.29, 1.82) is 0 Å². The van der Waals surface area contributed by atoms with Crippen molar-refractivity contribution in [2.75, 3.05) is 5.75 Å². The van der Waals surface area contributed by atoms with Gasteiger partial charge in [-0.3, -0.25) is 0 Å². The van der Waals surface area contributed by atoms with Gasteiger partial charge in [-0.15, -0.1) is 0 Å². The highest BCUT2D eigenvalue weighted by Gasteiger charge is 2.37. The van der Waals surface area contributed by atoms with Gasteiger partial charge in [-0.1, -0.05) is 0 Å². The smallest absolute Gasteiger partial charge is 0.224 e. The first-order chi connectivity index (χ1) is 7.72. The van der Waals surface area contributed by atoms with Crippen LogP contribution in [0.4, 0.5) is 4.39 Å². The van der Waals surface area contributed by atoms with Crippen LogP contribution >= 0.6 is 10.7 Å². The van der Waals surface area contributed by atoms with Gasteiger partial charge in [0.15, 0.2) is 9.84 Å². The molecule has 2 rings (SSSR count). The van der Waals surface area contributed by atoms with E-state index in [1.165, 1.54) is 0 Å². The lowest BCUT2D eigenvalue weighted by Gasteiger charge is -2.22. The third kappa shape index (κ3) is 2.31. The van der Waals surface area contributed by atoms with E-state index in [1.54, 1.807) is 0 Å². The Morgan fingerprint density at radius 1 is 1.35 bits per heavy atom. The van der Waals surface area contributed by atoms with Crippen LogP contribution in [-0.2, 0) is 18.9 Å². The lowest BCUT2D eigenvalue weighted by molar-refractivity contribution is 0.569. The molecule has 1 unspecified atom stereocenters. The third-order valence-corrected chi connectivity index (χ3v) is 6.27. The van der Waals surface area contributed by atoms with Gasteiger partial charge in [-0.05, 0) is 30.2 Å². The molecule has 0 fully saturated rings. The molecule has 0 N–H and O–H groups in total. The molecule has 0 aromatic heterocycles. The molecule has 0 saturated carbocycles. The summed E-state index contributed by atoms with van der Waals surface area (Å²) in [5, 5.41) is -1.17. The number of fused-ring (bicyclic) bond motifs is 1. The van der Waals surface area contributed by atoms with Crippen LogP contribution in [0.3, 0.4) is 0 Å². The van der Waals surface area contributed by atoms with E-state index in [-0.39, 0.29) is 22.6 Å². The maximum Gasteiger partial charge on any atom is 0.239 e. The maximum atomic E-state index is 13.1. The van der Waals surface area contributed by atoms with Crippen molar-refractivity contribution < 1.29 is 21.2 Å². The fourth-order valence-corrected chi connectivity index (χ4v) is 5.15. The van der Waals surface area contributed by atoms with Crippen molar-refractivity contribution in [3.63, 3.8) is 0 Å². The average Bonchev–Trinajstić information content (AvgIpc) is 2.14. The first-order valence-corrected chi connectivity index (χ1v) is 8.70. The normalized spacial score (nSPS) is 23.1. The van der Waals surface area contributed by atoms with Crippen LogP contribution in [0, 0.1) is 5.82 Å².